The molecule has 0 fully saturated rings. The van der Waals surface area contributed by atoms with Gasteiger partial charge in [0.2, 0.25) is 10.3 Å². The number of carbonyl (C=O) groups excluding carboxylic acids is 1. The third kappa shape index (κ3) is 12.3. The maximum atomic E-state index is 9.75. The Morgan fingerprint density at radius 3 is 1.89 bits per heavy atom. The SMILES string of the molecule is CC(=O)[N-]S(=O)(=O)O.[K+]. The van der Waals surface area contributed by atoms with Crippen molar-refractivity contribution >= 4 is 16.2 Å². The van der Waals surface area contributed by atoms with Crippen LogP contribution >= 0.6 is 0 Å². The summed E-state index contributed by atoms with van der Waals surface area (Å²) in [6.45, 7) is 0.924. The van der Waals surface area contributed by atoms with Gasteiger partial charge in [-0.05, 0) is 6.92 Å². The summed E-state index contributed by atoms with van der Waals surface area (Å²) in [5, 5.41) is 0. The van der Waals surface area contributed by atoms with E-state index >= 15 is 0 Å². The fourth-order valence-corrected chi connectivity index (χ4v) is 0.487. The molecule has 48 valence electrons. The summed E-state index contributed by atoms with van der Waals surface area (Å²) in [5.74, 6) is -0.937. The molecule has 0 aromatic carbocycles. The van der Waals surface area contributed by atoms with Crippen LogP contribution in [0.3, 0.4) is 0 Å². The van der Waals surface area contributed by atoms with Crippen LogP contribution in [-0.2, 0) is 15.1 Å². The van der Waals surface area contributed by atoms with E-state index in [4.69, 9.17) is 4.55 Å². The van der Waals surface area contributed by atoms with Crippen LogP contribution in [0.2, 0.25) is 0 Å². The van der Waals surface area contributed by atoms with E-state index in [-0.39, 0.29) is 51.4 Å². The molecule has 0 radical (unpaired) electrons. The fraction of sp³-hybridized carbons (Fsp3) is 0.500. The summed E-state index contributed by atoms with van der Waals surface area (Å²) in [6.07, 6.45) is 0. The van der Waals surface area contributed by atoms with Gasteiger partial charge in [0.25, 0.3) is 0 Å². The molecule has 5 nitrogen and oxygen atoms in total. The smallest absolute Gasteiger partial charge is 0.523 e. The van der Waals surface area contributed by atoms with Crippen molar-refractivity contribution in [1.82, 2.24) is 0 Å². The van der Waals surface area contributed by atoms with Crippen LogP contribution in [0, 0.1) is 0 Å². The van der Waals surface area contributed by atoms with Crippen LogP contribution in [0.15, 0.2) is 0 Å². The molecule has 0 bridgehead atoms. The van der Waals surface area contributed by atoms with Gasteiger partial charge in [-0.25, -0.2) is 8.42 Å². The molecule has 7 heteroatoms. The Bertz CT molecular complexity index is 185. The first-order chi connectivity index (χ1) is 3.42. The first-order valence-corrected chi connectivity index (χ1v) is 3.02. The van der Waals surface area contributed by atoms with Crippen molar-refractivity contribution in [1.29, 1.82) is 0 Å². The minimum absolute atomic E-state index is 0. The number of hydrogen-bond acceptors (Lipinski definition) is 3. The normalized spacial score (nSPS) is 9.56. The molecule has 0 aromatic rings. The summed E-state index contributed by atoms with van der Waals surface area (Å²) in [7, 11) is -4.45. The monoisotopic (exact) mass is 177 g/mol. The first-order valence-electron chi connectivity index (χ1n) is 1.63. The topological polar surface area (TPSA) is 85.5 Å². The quantitative estimate of drug-likeness (QED) is 0.336. The largest absolute Gasteiger partial charge is 1.00 e. The summed E-state index contributed by atoms with van der Waals surface area (Å²) < 4.78 is 29.3. The molecule has 0 aliphatic rings. The molecule has 9 heavy (non-hydrogen) atoms. The van der Waals surface area contributed by atoms with E-state index in [1.165, 1.54) is 0 Å². The third-order valence-corrected chi connectivity index (χ3v) is 0.732. The van der Waals surface area contributed by atoms with Crippen molar-refractivity contribution < 1.29 is 69.1 Å². The second-order valence-corrected chi connectivity index (χ2v) is 2.14. The minimum Gasteiger partial charge on any atom is -0.523 e. The maximum absolute atomic E-state index is 9.75. The molecule has 1 amide bonds. The Balaban J connectivity index is 0. The van der Waals surface area contributed by atoms with Crippen LogP contribution in [0.25, 0.3) is 4.72 Å². The van der Waals surface area contributed by atoms with Gasteiger partial charge in [0.1, 0.15) is 0 Å². The first kappa shape index (κ1) is 12.7. The Morgan fingerprint density at radius 2 is 1.89 bits per heavy atom. The number of hydrogen-bond donors (Lipinski definition) is 1. The molecule has 1 N–H and O–H groups in total. The number of carbonyl (C=O) groups is 1. The van der Waals surface area contributed by atoms with E-state index in [9.17, 15) is 13.2 Å². The Morgan fingerprint density at radius 1 is 1.56 bits per heavy atom. The van der Waals surface area contributed by atoms with E-state index < -0.39 is 16.2 Å². The van der Waals surface area contributed by atoms with Gasteiger partial charge in [0, 0.05) is 0 Å². The predicted molar refractivity (Wildman–Crippen MR) is 25.6 cm³/mol. The summed E-state index contributed by atoms with van der Waals surface area (Å²) in [6, 6.07) is 0. The predicted octanol–water partition coefficient (Wildman–Crippen LogP) is -3.29. The summed E-state index contributed by atoms with van der Waals surface area (Å²) in [4.78, 5) is 9.75. The molecule has 0 rings (SSSR count). The molecule has 0 saturated carbocycles. The minimum atomic E-state index is -4.45. The van der Waals surface area contributed by atoms with E-state index in [1.807, 2.05) is 0 Å². The average molecular weight is 177 g/mol. The van der Waals surface area contributed by atoms with Gasteiger partial charge in [-0.2, -0.15) is 0 Å². The third-order valence-electron chi connectivity index (χ3n) is 0.244. The van der Waals surface area contributed by atoms with Crippen LogP contribution in [0.4, 0.5) is 0 Å². The van der Waals surface area contributed by atoms with Crippen LogP contribution < -0.4 is 51.4 Å². The molecule has 0 aliphatic heterocycles. The zero-order chi connectivity index (χ0) is 6.78. The van der Waals surface area contributed by atoms with Gasteiger partial charge in [0.05, 0.1) is 5.91 Å². The van der Waals surface area contributed by atoms with Gasteiger partial charge >= 0.3 is 51.4 Å². The van der Waals surface area contributed by atoms with Gasteiger partial charge in [-0.15, -0.1) is 0 Å². The molecule has 0 unspecified atom stereocenters. The van der Waals surface area contributed by atoms with Gasteiger partial charge in [0.15, 0.2) is 0 Å². The molecule has 0 heterocycles. The van der Waals surface area contributed by atoms with Crippen molar-refractivity contribution in [3.63, 3.8) is 0 Å². The number of nitrogens with zero attached hydrogens (tertiary/aromatic N) is 1. The van der Waals surface area contributed by atoms with Crippen molar-refractivity contribution in [2.45, 2.75) is 6.92 Å². The van der Waals surface area contributed by atoms with E-state index in [2.05, 4.69) is 4.72 Å². The van der Waals surface area contributed by atoms with Crippen molar-refractivity contribution in [2.75, 3.05) is 0 Å². The van der Waals surface area contributed by atoms with Crippen LogP contribution in [0.5, 0.6) is 0 Å². The zero-order valence-electron chi connectivity index (χ0n) is 5.03. The van der Waals surface area contributed by atoms with E-state index in [0.717, 1.165) is 6.92 Å². The second-order valence-electron chi connectivity index (χ2n) is 1.06. The van der Waals surface area contributed by atoms with Gasteiger partial charge in [-0.3, -0.25) is 4.55 Å². The van der Waals surface area contributed by atoms with Crippen LogP contribution in [0.1, 0.15) is 6.92 Å². The average Bonchev–Trinajstić information content (AvgIpc) is 1.21. The maximum Gasteiger partial charge on any atom is 1.00 e. The molecule has 0 aliphatic carbocycles. The molecule has 0 saturated heterocycles. The van der Waals surface area contributed by atoms with Crippen LogP contribution in [-0.4, -0.2) is 18.9 Å². The Labute approximate surface area is 95.5 Å². The second kappa shape index (κ2) is 4.77. The van der Waals surface area contributed by atoms with Gasteiger partial charge in [-0.1, -0.05) is 0 Å². The van der Waals surface area contributed by atoms with E-state index in [1.54, 1.807) is 0 Å². The van der Waals surface area contributed by atoms with Crippen molar-refractivity contribution in [2.24, 2.45) is 0 Å². The van der Waals surface area contributed by atoms with Crippen molar-refractivity contribution in [3.05, 3.63) is 4.72 Å². The zero-order valence-corrected chi connectivity index (χ0v) is 8.97. The fourth-order valence-electron chi connectivity index (χ4n) is 0.162. The Kier molecular flexibility index (Phi) is 6.72. The molecule has 0 spiro atoms. The molecule has 0 atom stereocenters. The van der Waals surface area contributed by atoms with Gasteiger partial charge < -0.3 is 9.52 Å². The molecular weight excluding hydrogens is 173 g/mol. The Hall–Kier alpha value is 1.02. The summed E-state index contributed by atoms with van der Waals surface area (Å²) in [5.41, 5.74) is 0. The summed E-state index contributed by atoms with van der Waals surface area (Å²) >= 11 is 0. The molecular formula is C2H4KNO4S. The number of amides is 1. The standard InChI is InChI=1S/C2H5NO4S.K/c1-2(4)3-8(5,6)7;/h1H3,(H2,3,4,5,6,7);/q;+1/p-1. The molecule has 0 aromatic heterocycles. The van der Waals surface area contributed by atoms with Crippen molar-refractivity contribution in [3.8, 4) is 0 Å². The number of rotatable bonds is 1. The van der Waals surface area contributed by atoms with E-state index in [0.29, 0.717) is 0 Å².